The van der Waals surface area contributed by atoms with E-state index in [1.54, 1.807) is 0 Å². The van der Waals surface area contributed by atoms with Crippen LogP contribution in [0.4, 0.5) is 0 Å². The summed E-state index contributed by atoms with van der Waals surface area (Å²) in [6.07, 6.45) is 14.1. The Bertz CT molecular complexity index is 334. The molecular formula is C17H28O4. The number of rotatable bonds is 11. The van der Waals surface area contributed by atoms with E-state index in [-0.39, 0.29) is 24.6 Å². The van der Waals surface area contributed by atoms with Crippen molar-refractivity contribution < 1.29 is 19.7 Å². The van der Waals surface area contributed by atoms with Gasteiger partial charge in [0.1, 0.15) is 6.10 Å². The highest BCUT2D eigenvalue weighted by atomic mass is 16.5. The average Bonchev–Trinajstić information content (AvgIpc) is 2.82. The maximum absolute atomic E-state index is 11.6. The number of hydrogen-bond donors (Lipinski definition) is 2. The van der Waals surface area contributed by atoms with Crippen molar-refractivity contribution in [3.63, 3.8) is 0 Å². The van der Waals surface area contributed by atoms with Gasteiger partial charge in [-0.25, -0.2) is 0 Å². The van der Waals surface area contributed by atoms with E-state index in [1.165, 1.54) is 19.3 Å². The monoisotopic (exact) mass is 296 g/mol. The van der Waals surface area contributed by atoms with E-state index in [2.05, 4.69) is 5.92 Å². The first-order chi connectivity index (χ1) is 10.2. The van der Waals surface area contributed by atoms with Gasteiger partial charge in [-0.05, 0) is 32.1 Å². The number of terminal acetylenes is 1. The summed E-state index contributed by atoms with van der Waals surface area (Å²) in [5, 5.41) is 18.2. The summed E-state index contributed by atoms with van der Waals surface area (Å²) in [4.78, 5) is 11.6. The number of carbonyl (C=O) groups excluding carboxylic acids is 1. The lowest BCUT2D eigenvalue weighted by molar-refractivity contribution is -0.145. The third-order valence-electron chi connectivity index (χ3n) is 4.03. The number of esters is 1. The van der Waals surface area contributed by atoms with Gasteiger partial charge in [0, 0.05) is 6.42 Å². The van der Waals surface area contributed by atoms with Crippen molar-refractivity contribution in [2.24, 2.45) is 5.92 Å². The summed E-state index contributed by atoms with van der Waals surface area (Å²) in [6, 6.07) is 0. The second-order valence-electron chi connectivity index (χ2n) is 5.93. The van der Waals surface area contributed by atoms with E-state index in [0.717, 1.165) is 32.1 Å². The standard InChI is InChI=1S/C17H28O4/c1-2-3-4-5-6-7-8-9-10-16-12-14(17(20)21-16)11-15(19)13-18/h1,14-16,18-19H,3-13H2/t14-,15?,16+/m0/s1. The molecule has 2 N–H and O–H groups in total. The minimum Gasteiger partial charge on any atom is -0.462 e. The molecule has 120 valence electrons. The van der Waals surface area contributed by atoms with Gasteiger partial charge in [0.2, 0.25) is 0 Å². The summed E-state index contributed by atoms with van der Waals surface area (Å²) < 4.78 is 5.33. The van der Waals surface area contributed by atoms with Crippen molar-refractivity contribution >= 4 is 5.97 Å². The summed E-state index contributed by atoms with van der Waals surface area (Å²) in [5.74, 6) is 2.18. The van der Waals surface area contributed by atoms with Crippen molar-refractivity contribution in [1.29, 1.82) is 0 Å². The molecule has 1 fully saturated rings. The maximum atomic E-state index is 11.6. The fourth-order valence-electron chi connectivity index (χ4n) is 2.80. The van der Waals surface area contributed by atoms with Gasteiger partial charge in [-0.3, -0.25) is 4.79 Å². The number of aliphatic hydroxyl groups is 2. The summed E-state index contributed by atoms with van der Waals surface area (Å²) in [7, 11) is 0. The molecule has 1 saturated heterocycles. The Hall–Kier alpha value is -1.05. The minimum absolute atomic E-state index is 0.00478. The topological polar surface area (TPSA) is 66.8 Å². The molecule has 4 nitrogen and oxygen atoms in total. The molecular weight excluding hydrogens is 268 g/mol. The molecule has 1 rings (SSSR count). The molecule has 0 amide bonds. The van der Waals surface area contributed by atoms with Gasteiger partial charge in [0.25, 0.3) is 0 Å². The number of ether oxygens (including phenoxy) is 1. The fourth-order valence-corrected chi connectivity index (χ4v) is 2.80. The van der Waals surface area contributed by atoms with Gasteiger partial charge < -0.3 is 14.9 Å². The van der Waals surface area contributed by atoms with Crippen molar-refractivity contribution in [2.75, 3.05) is 6.61 Å². The highest BCUT2D eigenvalue weighted by molar-refractivity contribution is 5.74. The molecule has 0 bridgehead atoms. The van der Waals surface area contributed by atoms with Gasteiger partial charge in [-0.1, -0.05) is 25.7 Å². The zero-order valence-corrected chi connectivity index (χ0v) is 12.8. The smallest absolute Gasteiger partial charge is 0.309 e. The molecule has 4 heteroatoms. The Balaban J connectivity index is 2.04. The number of aliphatic hydroxyl groups excluding tert-OH is 2. The van der Waals surface area contributed by atoms with Crippen LogP contribution in [0.3, 0.4) is 0 Å². The molecule has 1 heterocycles. The van der Waals surface area contributed by atoms with Gasteiger partial charge >= 0.3 is 5.97 Å². The molecule has 1 unspecified atom stereocenters. The molecule has 0 aromatic carbocycles. The molecule has 3 atom stereocenters. The average molecular weight is 296 g/mol. The second kappa shape index (κ2) is 10.6. The highest BCUT2D eigenvalue weighted by Crippen LogP contribution is 2.28. The number of cyclic esters (lactones) is 1. The van der Waals surface area contributed by atoms with Crippen LogP contribution in [-0.4, -0.2) is 35.0 Å². The zero-order chi connectivity index (χ0) is 15.5. The fraction of sp³-hybridized carbons (Fsp3) is 0.824. The van der Waals surface area contributed by atoms with Crippen molar-refractivity contribution in [3.05, 3.63) is 0 Å². The van der Waals surface area contributed by atoms with E-state index < -0.39 is 6.10 Å². The molecule has 0 aromatic rings. The summed E-state index contributed by atoms with van der Waals surface area (Å²) in [6.45, 7) is -0.297. The lowest BCUT2D eigenvalue weighted by Gasteiger charge is -2.10. The molecule has 0 aromatic heterocycles. The largest absolute Gasteiger partial charge is 0.462 e. The Kier molecular flexibility index (Phi) is 9.12. The first-order valence-corrected chi connectivity index (χ1v) is 8.10. The molecule has 1 aliphatic heterocycles. The van der Waals surface area contributed by atoms with Crippen LogP contribution in [0.15, 0.2) is 0 Å². The van der Waals surface area contributed by atoms with Crippen LogP contribution in [0.25, 0.3) is 0 Å². The van der Waals surface area contributed by atoms with E-state index in [4.69, 9.17) is 16.3 Å². The van der Waals surface area contributed by atoms with Crippen LogP contribution < -0.4 is 0 Å². The minimum atomic E-state index is -0.815. The molecule has 1 aliphatic rings. The molecule has 21 heavy (non-hydrogen) atoms. The maximum Gasteiger partial charge on any atom is 0.309 e. The SMILES string of the molecule is C#CCCCCCCCC[C@@H]1C[C@H](CC(O)CO)C(=O)O1. The molecule has 0 spiro atoms. The second-order valence-corrected chi connectivity index (χ2v) is 5.93. The Morgan fingerprint density at radius 1 is 1.24 bits per heavy atom. The molecule has 0 saturated carbocycles. The van der Waals surface area contributed by atoms with Crippen LogP contribution >= 0.6 is 0 Å². The highest BCUT2D eigenvalue weighted by Gasteiger charge is 2.34. The molecule has 0 radical (unpaired) electrons. The predicted octanol–water partition coefficient (Wildman–Crippen LogP) is 2.42. The van der Waals surface area contributed by atoms with Gasteiger partial charge in [0.15, 0.2) is 0 Å². The normalized spacial score (nSPS) is 22.8. The van der Waals surface area contributed by atoms with E-state index in [0.29, 0.717) is 12.8 Å². The van der Waals surface area contributed by atoms with Gasteiger partial charge in [-0.2, -0.15) is 0 Å². The van der Waals surface area contributed by atoms with Crippen molar-refractivity contribution in [2.45, 2.75) is 76.4 Å². The lowest BCUT2D eigenvalue weighted by Crippen LogP contribution is -2.20. The predicted molar refractivity (Wildman–Crippen MR) is 81.5 cm³/mol. The van der Waals surface area contributed by atoms with E-state index in [1.807, 2.05) is 0 Å². The number of unbranched alkanes of at least 4 members (excludes halogenated alkanes) is 6. The summed E-state index contributed by atoms with van der Waals surface area (Å²) in [5.41, 5.74) is 0. The van der Waals surface area contributed by atoms with Crippen LogP contribution in [0.1, 0.15) is 64.2 Å². The Morgan fingerprint density at radius 3 is 2.57 bits per heavy atom. The Morgan fingerprint density at radius 2 is 1.90 bits per heavy atom. The van der Waals surface area contributed by atoms with Crippen molar-refractivity contribution in [3.8, 4) is 12.3 Å². The first-order valence-electron chi connectivity index (χ1n) is 8.10. The van der Waals surface area contributed by atoms with Crippen LogP contribution in [0.2, 0.25) is 0 Å². The quantitative estimate of drug-likeness (QED) is 0.349. The third kappa shape index (κ3) is 7.50. The van der Waals surface area contributed by atoms with E-state index in [9.17, 15) is 9.90 Å². The van der Waals surface area contributed by atoms with Gasteiger partial charge in [0.05, 0.1) is 18.6 Å². The Labute approximate surface area is 127 Å². The lowest BCUT2D eigenvalue weighted by atomic mass is 9.96. The van der Waals surface area contributed by atoms with Gasteiger partial charge in [-0.15, -0.1) is 12.3 Å². The molecule has 0 aliphatic carbocycles. The third-order valence-corrected chi connectivity index (χ3v) is 4.03. The van der Waals surface area contributed by atoms with E-state index >= 15 is 0 Å². The van der Waals surface area contributed by atoms with Crippen LogP contribution in [0.5, 0.6) is 0 Å². The van der Waals surface area contributed by atoms with Crippen LogP contribution in [0, 0.1) is 18.3 Å². The number of hydrogen-bond acceptors (Lipinski definition) is 4. The number of carbonyl (C=O) groups is 1. The van der Waals surface area contributed by atoms with Crippen LogP contribution in [-0.2, 0) is 9.53 Å². The summed E-state index contributed by atoms with van der Waals surface area (Å²) >= 11 is 0. The first kappa shape index (κ1) is 18.0. The zero-order valence-electron chi connectivity index (χ0n) is 12.8. The van der Waals surface area contributed by atoms with Crippen molar-refractivity contribution in [1.82, 2.24) is 0 Å².